The molecule has 4 heterocycles. The van der Waals surface area contributed by atoms with E-state index in [1.165, 1.54) is 10.2 Å². The molecule has 0 aliphatic carbocycles. The van der Waals surface area contributed by atoms with Gasteiger partial charge in [0, 0.05) is 43.9 Å². The van der Waals surface area contributed by atoms with Crippen LogP contribution in [-0.2, 0) is 26.1 Å². The molecule has 3 aromatic rings. The van der Waals surface area contributed by atoms with Gasteiger partial charge in [-0.15, -0.1) is 0 Å². The molecule has 1 fully saturated rings. The number of pyridine rings is 1. The van der Waals surface area contributed by atoms with Crippen molar-refractivity contribution in [1.29, 1.82) is 0 Å². The van der Waals surface area contributed by atoms with Crippen LogP contribution in [0.15, 0.2) is 64.4 Å². The van der Waals surface area contributed by atoms with Crippen molar-refractivity contribution in [1.82, 2.24) is 24.2 Å². The molecule has 0 N–H and O–H groups in total. The van der Waals surface area contributed by atoms with Gasteiger partial charge < -0.3 is 0 Å². The van der Waals surface area contributed by atoms with E-state index >= 15 is 0 Å². The van der Waals surface area contributed by atoms with E-state index in [1.807, 2.05) is 42.6 Å². The fourth-order valence-corrected chi connectivity index (χ4v) is 4.65. The van der Waals surface area contributed by atoms with Crippen LogP contribution in [0, 0.1) is 5.41 Å². The zero-order valence-corrected chi connectivity index (χ0v) is 16.2. The molecule has 29 heavy (non-hydrogen) atoms. The lowest BCUT2D eigenvalue weighted by Gasteiger charge is -2.22. The number of hydrogen-bond acceptors (Lipinski definition) is 5. The van der Waals surface area contributed by atoms with Crippen LogP contribution >= 0.6 is 0 Å². The second-order valence-corrected chi connectivity index (χ2v) is 8.25. The van der Waals surface area contributed by atoms with Crippen LogP contribution < -0.4 is 11.1 Å². The third-order valence-electron chi connectivity index (χ3n) is 6.06. The quantitative estimate of drug-likeness (QED) is 0.629. The number of fused-ring (bicyclic) bond motifs is 1. The molecule has 0 bridgehead atoms. The standard InChI is InChI=1S/C22H23N5O2/c28-20-21(29)27(14-17-5-2-1-3-6-17)24-19-11-22(16-26(19)20)8-10-25(15-22)13-18-7-4-9-23-12-18/h1-7,9,12H,8,10-11,13-16H2/t22-/m0/s1. The largest absolute Gasteiger partial charge is 0.332 e. The summed E-state index contributed by atoms with van der Waals surface area (Å²) in [5.41, 5.74) is 1.15. The summed E-state index contributed by atoms with van der Waals surface area (Å²) in [5, 5.41) is 4.58. The summed E-state index contributed by atoms with van der Waals surface area (Å²) < 4.78 is 2.93. The average molecular weight is 389 g/mol. The normalized spacial score (nSPS) is 21.0. The lowest BCUT2D eigenvalue weighted by molar-refractivity contribution is 0.246. The van der Waals surface area contributed by atoms with E-state index in [-0.39, 0.29) is 5.41 Å². The molecule has 148 valence electrons. The lowest BCUT2D eigenvalue weighted by atomic mass is 9.86. The van der Waals surface area contributed by atoms with Crippen molar-refractivity contribution in [2.45, 2.75) is 32.5 Å². The first kappa shape index (κ1) is 18.0. The molecule has 2 aliphatic heterocycles. The minimum Gasteiger partial charge on any atom is -0.298 e. The highest BCUT2D eigenvalue weighted by atomic mass is 16.2. The third kappa shape index (κ3) is 3.42. The van der Waals surface area contributed by atoms with Crippen molar-refractivity contribution >= 4 is 0 Å². The van der Waals surface area contributed by atoms with Gasteiger partial charge in [0.2, 0.25) is 0 Å². The van der Waals surface area contributed by atoms with Gasteiger partial charge in [0.05, 0.1) is 6.54 Å². The molecular formula is C22H23N5O2. The highest BCUT2D eigenvalue weighted by molar-refractivity contribution is 5.15. The molecule has 1 spiro atoms. The summed E-state index contributed by atoms with van der Waals surface area (Å²) >= 11 is 0. The van der Waals surface area contributed by atoms with Gasteiger partial charge in [0.15, 0.2) is 0 Å². The van der Waals surface area contributed by atoms with E-state index in [2.05, 4.69) is 21.0 Å². The number of aromatic nitrogens is 4. The SMILES string of the molecule is O=c1c(=O)n2c(nn1Cc1ccccc1)C[C@]1(CCN(Cc3cccnc3)C1)C2. The van der Waals surface area contributed by atoms with Gasteiger partial charge in [-0.2, -0.15) is 5.10 Å². The minimum absolute atomic E-state index is 0.0141. The van der Waals surface area contributed by atoms with E-state index in [0.29, 0.717) is 13.1 Å². The molecule has 2 aromatic heterocycles. The van der Waals surface area contributed by atoms with Gasteiger partial charge in [-0.1, -0.05) is 36.4 Å². The minimum atomic E-state index is -0.542. The van der Waals surface area contributed by atoms with E-state index in [0.717, 1.165) is 43.9 Å². The second kappa shape index (κ2) is 7.08. The molecule has 2 aliphatic rings. The average Bonchev–Trinajstić information content (AvgIpc) is 3.30. The van der Waals surface area contributed by atoms with Crippen molar-refractivity contribution in [2.75, 3.05) is 13.1 Å². The highest BCUT2D eigenvalue weighted by Gasteiger charge is 2.44. The molecule has 7 nitrogen and oxygen atoms in total. The van der Waals surface area contributed by atoms with Crippen molar-refractivity contribution in [3.05, 3.63) is 92.5 Å². The first-order valence-corrected chi connectivity index (χ1v) is 9.98. The second-order valence-electron chi connectivity index (χ2n) is 8.25. The number of benzene rings is 1. The van der Waals surface area contributed by atoms with Gasteiger partial charge in [0.1, 0.15) is 5.82 Å². The van der Waals surface area contributed by atoms with Crippen LogP contribution in [0.25, 0.3) is 0 Å². The van der Waals surface area contributed by atoms with Crippen LogP contribution in [0.5, 0.6) is 0 Å². The molecule has 0 amide bonds. The Labute approximate surface area is 168 Å². The van der Waals surface area contributed by atoms with Crippen molar-refractivity contribution in [3.63, 3.8) is 0 Å². The van der Waals surface area contributed by atoms with Crippen LogP contribution in [0.2, 0.25) is 0 Å². The first-order valence-electron chi connectivity index (χ1n) is 9.98. The number of hydrogen-bond donors (Lipinski definition) is 0. The van der Waals surface area contributed by atoms with Gasteiger partial charge in [-0.25, -0.2) is 4.68 Å². The molecule has 5 rings (SSSR count). The van der Waals surface area contributed by atoms with Gasteiger partial charge in [0.25, 0.3) is 0 Å². The highest BCUT2D eigenvalue weighted by Crippen LogP contribution is 2.39. The Bertz CT molecular complexity index is 1140. The zero-order chi connectivity index (χ0) is 19.8. The third-order valence-corrected chi connectivity index (χ3v) is 6.06. The van der Waals surface area contributed by atoms with Gasteiger partial charge in [-0.05, 0) is 30.2 Å². The maximum atomic E-state index is 12.8. The summed E-state index contributed by atoms with van der Waals surface area (Å²) in [5.74, 6) is 0.730. The number of nitrogens with zero attached hydrogens (tertiary/aromatic N) is 5. The molecule has 1 atom stereocenters. The Morgan fingerprint density at radius 1 is 0.931 bits per heavy atom. The monoisotopic (exact) mass is 389 g/mol. The number of rotatable bonds is 4. The summed E-state index contributed by atoms with van der Waals surface area (Å²) in [6, 6.07) is 13.7. The van der Waals surface area contributed by atoms with E-state index in [4.69, 9.17) is 0 Å². The lowest BCUT2D eigenvalue weighted by Crippen LogP contribution is -2.43. The van der Waals surface area contributed by atoms with E-state index in [9.17, 15) is 9.59 Å². The molecule has 0 saturated carbocycles. The number of likely N-dealkylation sites (tertiary alicyclic amines) is 1. The molecular weight excluding hydrogens is 366 g/mol. The molecule has 1 saturated heterocycles. The molecule has 7 heteroatoms. The maximum absolute atomic E-state index is 12.8. The van der Waals surface area contributed by atoms with Crippen molar-refractivity contribution in [3.8, 4) is 0 Å². The van der Waals surface area contributed by atoms with Crippen LogP contribution in [0.1, 0.15) is 23.4 Å². The van der Waals surface area contributed by atoms with E-state index < -0.39 is 11.1 Å². The Balaban J connectivity index is 1.37. The topological polar surface area (TPSA) is 73.0 Å². The van der Waals surface area contributed by atoms with Crippen molar-refractivity contribution in [2.24, 2.45) is 5.41 Å². The summed E-state index contributed by atoms with van der Waals surface area (Å²) in [6.45, 7) is 3.64. The Hall–Kier alpha value is -3.06. The molecule has 0 radical (unpaired) electrons. The van der Waals surface area contributed by atoms with Crippen LogP contribution in [0.4, 0.5) is 0 Å². The maximum Gasteiger partial charge on any atom is 0.332 e. The molecule has 0 unspecified atom stereocenters. The smallest absolute Gasteiger partial charge is 0.298 e. The van der Waals surface area contributed by atoms with E-state index in [1.54, 1.807) is 10.8 Å². The van der Waals surface area contributed by atoms with Crippen molar-refractivity contribution < 1.29 is 0 Å². The molecule has 1 aromatic carbocycles. The summed E-state index contributed by atoms with van der Waals surface area (Å²) in [6.07, 6.45) is 5.42. The zero-order valence-electron chi connectivity index (χ0n) is 16.2. The first-order chi connectivity index (χ1) is 14.1. The summed E-state index contributed by atoms with van der Waals surface area (Å²) in [7, 11) is 0. The predicted octanol–water partition coefficient (Wildman–Crippen LogP) is 1.30. The van der Waals surface area contributed by atoms with Gasteiger partial charge in [-0.3, -0.25) is 24.0 Å². The van der Waals surface area contributed by atoms with Crippen LogP contribution in [-0.4, -0.2) is 37.3 Å². The predicted molar refractivity (Wildman–Crippen MR) is 109 cm³/mol. The van der Waals surface area contributed by atoms with Crippen LogP contribution in [0.3, 0.4) is 0 Å². The van der Waals surface area contributed by atoms with Gasteiger partial charge >= 0.3 is 11.1 Å². The Morgan fingerprint density at radius 2 is 1.76 bits per heavy atom. The fourth-order valence-electron chi connectivity index (χ4n) is 4.65. The summed E-state index contributed by atoms with van der Waals surface area (Å²) in [4.78, 5) is 31.9. The fraction of sp³-hybridized carbons (Fsp3) is 0.364. The Morgan fingerprint density at radius 3 is 2.55 bits per heavy atom. The Kier molecular flexibility index (Phi) is 4.39.